The Bertz CT molecular complexity index is 440. The van der Waals surface area contributed by atoms with Crippen molar-refractivity contribution in [2.24, 2.45) is 0 Å². The summed E-state index contributed by atoms with van der Waals surface area (Å²) in [4.78, 5) is 2.46. The highest BCUT2D eigenvalue weighted by Gasteiger charge is 2.19. The monoisotopic (exact) mass is 314 g/mol. The summed E-state index contributed by atoms with van der Waals surface area (Å²) in [5.41, 5.74) is 1.20. The molecule has 0 aromatic heterocycles. The van der Waals surface area contributed by atoms with Crippen LogP contribution in [0.2, 0.25) is 0 Å². The third-order valence-electron chi connectivity index (χ3n) is 3.48. The van der Waals surface area contributed by atoms with Gasteiger partial charge in [-0.15, -0.1) is 12.4 Å². The first-order chi connectivity index (χ1) is 9.60. The molecule has 0 bridgehead atoms. The van der Waals surface area contributed by atoms with Crippen LogP contribution in [0.15, 0.2) is 18.2 Å². The molecule has 5 heteroatoms. The molecule has 0 amide bonds. The van der Waals surface area contributed by atoms with E-state index in [9.17, 15) is 0 Å². The second kappa shape index (κ2) is 8.47. The summed E-state index contributed by atoms with van der Waals surface area (Å²) in [7, 11) is 1.69. The van der Waals surface area contributed by atoms with Crippen molar-refractivity contribution in [1.29, 1.82) is 0 Å². The lowest BCUT2D eigenvalue weighted by Crippen LogP contribution is -2.48. The van der Waals surface area contributed by atoms with E-state index in [1.165, 1.54) is 5.56 Å². The van der Waals surface area contributed by atoms with Gasteiger partial charge in [-0.2, -0.15) is 0 Å². The number of rotatable bonds is 5. The van der Waals surface area contributed by atoms with Crippen molar-refractivity contribution in [2.75, 3.05) is 26.7 Å². The maximum absolute atomic E-state index is 5.97. The third kappa shape index (κ3) is 5.06. The highest BCUT2D eigenvalue weighted by atomic mass is 35.5. The molecule has 120 valence electrons. The molecule has 21 heavy (non-hydrogen) atoms. The van der Waals surface area contributed by atoms with Crippen LogP contribution in [0.4, 0.5) is 0 Å². The highest BCUT2D eigenvalue weighted by Crippen LogP contribution is 2.32. The standard InChI is InChI=1S/C16H26N2O2.ClH/c1-12(2)20-16-14(6-5-7-15(16)19-4)11-18-9-8-17-13(3)10-18;/h5-7,12-13,17H,8-11H2,1-4H3;1H/t13-;/m0./s1. The lowest BCUT2D eigenvalue weighted by molar-refractivity contribution is 0.189. The van der Waals surface area contributed by atoms with Crippen molar-refractivity contribution >= 4 is 12.4 Å². The number of piperazine rings is 1. The molecule has 1 aromatic carbocycles. The number of ether oxygens (including phenoxy) is 2. The first-order valence-electron chi connectivity index (χ1n) is 7.38. The van der Waals surface area contributed by atoms with Crippen molar-refractivity contribution in [3.05, 3.63) is 23.8 Å². The van der Waals surface area contributed by atoms with E-state index >= 15 is 0 Å². The van der Waals surface area contributed by atoms with Gasteiger partial charge in [0.15, 0.2) is 11.5 Å². The van der Waals surface area contributed by atoms with Gasteiger partial charge in [0.2, 0.25) is 0 Å². The molecule has 1 saturated heterocycles. The Balaban J connectivity index is 0.00000220. The first kappa shape index (κ1) is 18.1. The van der Waals surface area contributed by atoms with Gasteiger partial charge in [0, 0.05) is 37.8 Å². The van der Waals surface area contributed by atoms with E-state index in [2.05, 4.69) is 23.2 Å². The second-order valence-electron chi connectivity index (χ2n) is 5.71. The van der Waals surface area contributed by atoms with Crippen LogP contribution in [0, 0.1) is 0 Å². The molecule has 0 spiro atoms. The fourth-order valence-electron chi connectivity index (χ4n) is 2.61. The molecule has 0 unspecified atom stereocenters. The molecular formula is C16H27ClN2O2. The van der Waals surface area contributed by atoms with Crippen LogP contribution >= 0.6 is 12.4 Å². The molecule has 1 fully saturated rings. The molecule has 1 aromatic rings. The van der Waals surface area contributed by atoms with Crippen LogP contribution in [-0.2, 0) is 6.54 Å². The average Bonchev–Trinajstić information content (AvgIpc) is 2.40. The van der Waals surface area contributed by atoms with Crippen LogP contribution in [0.5, 0.6) is 11.5 Å². The molecule has 4 nitrogen and oxygen atoms in total. The quantitative estimate of drug-likeness (QED) is 0.906. The van der Waals surface area contributed by atoms with Crippen LogP contribution in [0.1, 0.15) is 26.3 Å². The van der Waals surface area contributed by atoms with Crippen LogP contribution < -0.4 is 14.8 Å². The number of methoxy groups -OCH3 is 1. The summed E-state index contributed by atoms with van der Waals surface area (Å²) < 4.78 is 11.4. The van der Waals surface area contributed by atoms with Gasteiger partial charge in [0.1, 0.15) is 0 Å². The molecular weight excluding hydrogens is 288 g/mol. The van der Waals surface area contributed by atoms with Crippen molar-refractivity contribution in [2.45, 2.75) is 39.5 Å². The zero-order valence-electron chi connectivity index (χ0n) is 13.4. The first-order valence-corrected chi connectivity index (χ1v) is 7.38. The van der Waals surface area contributed by atoms with E-state index in [4.69, 9.17) is 9.47 Å². The Morgan fingerprint density at radius 1 is 1.38 bits per heavy atom. The minimum Gasteiger partial charge on any atom is -0.493 e. The Morgan fingerprint density at radius 3 is 2.76 bits per heavy atom. The molecule has 0 aliphatic carbocycles. The van der Waals surface area contributed by atoms with Gasteiger partial charge in [0.25, 0.3) is 0 Å². The van der Waals surface area contributed by atoms with Crippen molar-refractivity contribution in [3.8, 4) is 11.5 Å². The fraction of sp³-hybridized carbons (Fsp3) is 0.625. The molecule has 1 atom stereocenters. The van der Waals surface area contributed by atoms with E-state index in [0.717, 1.165) is 37.7 Å². The summed E-state index contributed by atoms with van der Waals surface area (Å²) in [5, 5.41) is 3.47. The smallest absolute Gasteiger partial charge is 0.166 e. The summed E-state index contributed by atoms with van der Waals surface area (Å²) in [6.07, 6.45) is 0.145. The molecule has 1 aliphatic rings. The Hall–Kier alpha value is -0.970. The van der Waals surface area contributed by atoms with Gasteiger partial charge in [-0.3, -0.25) is 4.90 Å². The van der Waals surface area contributed by atoms with E-state index < -0.39 is 0 Å². The van der Waals surface area contributed by atoms with E-state index in [1.54, 1.807) is 7.11 Å². The number of nitrogens with zero attached hydrogens (tertiary/aromatic N) is 1. The number of halogens is 1. The van der Waals surface area contributed by atoms with E-state index in [1.807, 2.05) is 26.0 Å². The zero-order chi connectivity index (χ0) is 14.5. The molecule has 0 saturated carbocycles. The summed E-state index contributed by atoms with van der Waals surface area (Å²) in [6.45, 7) is 10.4. The molecule has 1 aliphatic heterocycles. The number of para-hydroxylation sites is 1. The normalized spacial score (nSPS) is 19.2. The SMILES string of the molecule is COc1cccc(CN2CCN[C@@H](C)C2)c1OC(C)C.Cl. The summed E-state index contributed by atoms with van der Waals surface area (Å²) in [6, 6.07) is 6.67. The zero-order valence-corrected chi connectivity index (χ0v) is 14.2. The van der Waals surface area contributed by atoms with Gasteiger partial charge in [-0.05, 0) is 26.8 Å². The molecule has 1 heterocycles. The third-order valence-corrected chi connectivity index (χ3v) is 3.48. The molecule has 0 radical (unpaired) electrons. The summed E-state index contributed by atoms with van der Waals surface area (Å²) >= 11 is 0. The molecule has 2 rings (SSSR count). The maximum atomic E-state index is 5.97. The lowest BCUT2D eigenvalue weighted by Gasteiger charge is -2.32. The van der Waals surface area contributed by atoms with E-state index in [-0.39, 0.29) is 18.5 Å². The topological polar surface area (TPSA) is 33.7 Å². The average molecular weight is 315 g/mol. The van der Waals surface area contributed by atoms with Gasteiger partial charge in [-0.25, -0.2) is 0 Å². The van der Waals surface area contributed by atoms with Crippen LogP contribution in [0.3, 0.4) is 0 Å². The predicted octanol–water partition coefficient (Wildman–Crippen LogP) is 2.70. The second-order valence-corrected chi connectivity index (χ2v) is 5.71. The van der Waals surface area contributed by atoms with Crippen LogP contribution in [-0.4, -0.2) is 43.8 Å². The Morgan fingerprint density at radius 2 is 2.14 bits per heavy atom. The fourth-order valence-corrected chi connectivity index (χ4v) is 2.61. The number of hydrogen-bond acceptors (Lipinski definition) is 4. The predicted molar refractivity (Wildman–Crippen MR) is 88.7 cm³/mol. The maximum Gasteiger partial charge on any atom is 0.166 e. The van der Waals surface area contributed by atoms with Crippen LogP contribution in [0.25, 0.3) is 0 Å². The largest absolute Gasteiger partial charge is 0.493 e. The highest BCUT2D eigenvalue weighted by molar-refractivity contribution is 5.85. The number of hydrogen-bond donors (Lipinski definition) is 1. The van der Waals surface area contributed by atoms with Gasteiger partial charge >= 0.3 is 0 Å². The van der Waals surface area contributed by atoms with Gasteiger partial charge in [-0.1, -0.05) is 12.1 Å². The van der Waals surface area contributed by atoms with Crippen molar-refractivity contribution in [3.63, 3.8) is 0 Å². The lowest BCUT2D eigenvalue weighted by atomic mass is 10.1. The van der Waals surface area contributed by atoms with Gasteiger partial charge in [0.05, 0.1) is 13.2 Å². The van der Waals surface area contributed by atoms with Crippen molar-refractivity contribution in [1.82, 2.24) is 10.2 Å². The minimum atomic E-state index is 0. The molecule has 1 N–H and O–H groups in total. The number of nitrogens with one attached hydrogen (secondary N) is 1. The van der Waals surface area contributed by atoms with Crippen molar-refractivity contribution < 1.29 is 9.47 Å². The summed E-state index contributed by atoms with van der Waals surface area (Å²) in [5.74, 6) is 1.70. The van der Waals surface area contributed by atoms with Gasteiger partial charge < -0.3 is 14.8 Å². The Labute approximate surface area is 134 Å². The number of benzene rings is 1. The minimum absolute atomic E-state index is 0. The van der Waals surface area contributed by atoms with E-state index in [0.29, 0.717) is 6.04 Å². The Kier molecular flexibility index (Phi) is 7.29.